The number of carbonyl (C=O) groups is 1. The molecule has 0 spiro atoms. The minimum Gasteiger partial charge on any atom is -0.328 e. The molecule has 3 heteroatoms. The van der Waals surface area contributed by atoms with Crippen molar-refractivity contribution in [3.05, 3.63) is 65.2 Å². The van der Waals surface area contributed by atoms with E-state index in [1.807, 2.05) is 30.3 Å². The van der Waals surface area contributed by atoms with Gasteiger partial charge in [0.1, 0.15) is 6.04 Å². The van der Waals surface area contributed by atoms with Crippen LogP contribution in [0.5, 0.6) is 0 Å². The maximum absolute atomic E-state index is 11.8. The average molecular weight is 253 g/mol. The van der Waals surface area contributed by atoms with Crippen LogP contribution in [0.4, 0.5) is 5.69 Å². The number of quaternary nitrogens is 1. The number of benzene rings is 2. The molecule has 1 atom stereocenters. The van der Waals surface area contributed by atoms with E-state index in [4.69, 9.17) is 0 Å². The molecule has 0 aromatic heterocycles. The van der Waals surface area contributed by atoms with Crippen molar-refractivity contribution in [1.29, 1.82) is 0 Å². The second-order valence-corrected chi connectivity index (χ2v) is 4.97. The quantitative estimate of drug-likeness (QED) is 0.796. The Bertz CT molecular complexity index is 607. The number of rotatable bonds is 1. The van der Waals surface area contributed by atoms with Crippen molar-refractivity contribution in [1.82, 2.24) is 0 Å². The summed E-state index contributed by atoms with van der Waals surface area (Å²) in [5, 5.41) is 5.07. The highest BCUT2D eigenvalue weighted by atomic mass is 16.1. The van der Waals surface area contributed by atoms with Crippen molar-refractivity contribution in [3.8, 4) is 0 Å². The molecule has 1 aliphatic heterocycles. The molecule has 0 aliphatic carbocycles. The second kappa shape index (κ2) is 4.86. The van der Waals surface area contributed by atoms with E-state index in [1.165, 1.54) is 16.7 Å². The Hall–Kier alpha value is -2.13. The van der Waals surface area contributed by atoms with E-state index >= 15 is 0 Å². The van der Waals surface area contributed by atoms with E-state index in [0.717, 1.165) is 5.69 Å². The van der Waals surface area contributed by atoms with Gasteiger partial charge in [-0.05, 0) is 19.1 Å². The van der Waals surface area contributed by atoms with Crippen molar-refractivity contribution >= 4 is 11.6 Å². The lowest BCUT2D eigenvalue weighted by molar-refractivity contribution is -0.675. The first-order valence-corrected chi connectivity index (χ1v) is 6.53. The summed E-state index contributed by atoms with van der Waals surface area (Å²) >= 11 is 0. The van der Waals surface area contributed by atoms with Crippen molar-refractivity contribution in [3.63, 3.8) is 0 Å². The molecule has 0 fully saturated rings. The van der Waals surface area contributed by atoms with Crippen LogP contribution in [0, 0.1) is 6.92 Å². The van der Waals surface area contributed by atoms with Gasteiger partial charge in [0.15, 0.2) is 6.54 Å². The molecule has 2 aromatic carbocycles. The van der Waals surface area contributed by atoms with Crippen molar-refractivity contribution in [2.24, 2.45) is 0 Å². The van der Waals surface area contributed by atoms with E-state index < -0.39 is 0 Å². The number of hydrogen-bond donors (Lipinski definition) is 2. The molecule has 3 nitrogen and oxygen atoms in total. The highest BCUT2D eigenvalue weighted by Gasteiger charge is 2.26. The van der Waals surface area contributed by atoms with Crippen molar-refractivity contribution in [2.75, 3.05) is 11.9 Å². The summed E-state index contributed by atoms with van der Waals surface area (Å²) < 4.78 is 0. The Labute approximate surface area is 112 Å². The molecule has 2 aromatic rings. The Balaban J connectivity index is 2.11. The summed E-state index contributed by atoms with van der Waals surface area (Å²) in [5.74, 6) is 0.0588. The van der Waals surface area contributed by atoms with Crippen LogP contribution in [0.1, 0.15) is 22.7 Å². The summed E-state index contributed by atoms with van der Waals surface area (Å²) in [6.45, 7) is 2.53. The molecule has 19 heavy (non-hydrogen) atoms. The fraction of sp³-hybridized carbons (Fsp3) is 0.188. The number of fused-ring (bicyclic) bond motifs is 1. The first-order valence-electron chi connectivity index (χ1n) is 6.53. The third-order valence-electron chi connectivity index (χ3n) is 3.51. The maximum Gasteiger partial charge on any atom is 0.279 e. The third kappa shape index (κ3) is 2.37. The van der Waals surface area contributed by atoms with E-state index in [-0.39, 0.29) is 11.9 Å². The van der Waals surface area contributed by atoms with Gasteiger partial charge in [0, 0.05) is 11.1 Å². The Kier molecular flexibility index (Phi) is 3.05. The zero-order valence-corrected chi connectivity index (χ0v) is 10.9. The second-order valence-electron chi connectivity index (χ2n) is 4.97. The summed E-state index contributed by atoms with van der Waals surface area (Å²) in [6.07, 6.45) is 0. The van der Waals surface area contributed by atoms with Gasteiger partial charge in [-0.1, -0.05) is 42.0 Å². The largest absolute Gasteiger partial charge is 0.328 e. The molecule has 0 saturated carbocycles. The fourth-order valence-corrected chi connectivity index (χ4v) is 2.58. The number of aryl methyl sites for hydroxylation is 1. The van der Waals surface area contributed by atoms with Gasteiger partial charge in [0.2, 0.25) is 0 Å². The summed E-state index contributed by atoms with van der Waals surface area (Å²) in [6, 6.07) is 16.7. The average Bonchev–Trinajstić information content (AvgIpc) is 2.58. The van der Waals surface area contributed by atoms with Gasteiger partial charge in [-0.2, -0.15) is 0 Å². The molecule has 1 heterocycles. The Morgan fingerprint density at radius 3 is 2.74 bits per heavy atom. The van der Waals surface area contributed by atoms with Crippen LogP contribution in [0.2, 0.25) is 0 Å². The van der Waals surface area contributed by atoms with Crippen LogP contribution in [-0.4, -0.2) is 12.5 Å². The molecule has 1 aliphatic rings. The number of carbonyl (C=O) groups excluding carboxylic acids is 1. The molecule has 1 unspecified atom stereocenters. The van der Waals surface area contributed by atoms with E-state index in [2.05, 4.69) is 35.8 Å². The van der Waals surface area contributed by atoms with Gasteiger partial charge >= 0.3 is 0 Å². The first-order chi connectivity index (χ1) is 9.24. The van der Waals surface area contributed by atoms with Gasteiger partial charge < -0.3 is 10.6 Å². The molecule has 0 saturated heterocycles. The lowest BCUT2D eigenvalue weighted by Crippen LogP contribution is -2.86. The zero-order valence-electron chi connectivity index (χ0n) is 10.9. The number of nitrogens with two attached hydrogens (primary N) is 1. The molecule has 0 bridgehead atoms. The van der Waals surface area contributed by atoms with Gasteiger partial charge in [-0.15, -0.1) is 0 Å². The van der Waals surface area contributed by atoms with Crippen molar-refractivity contribution < 1.29 is 10.1 Å². The third-order valence-corrected chi connectivity index (χ3v) is 3.51. The number of anilines is 1. The first kappa shape index (κ1) is 11.9. The van der Waals surface area contributed by atoms with E-state index in [9.17, 15) is 4.79 Å². The van der Waals surface area contributed by atoms with Crippen LogP contribution < -0.4 is 10.6 Å². The standard InChI is InChI=1S/C16H16N2O/c1-11-7-8-14-13(9-11)16(17-10-15(19)18-14)12-5-3-2-4-6-12/h2-9,16-17H,10H2,1H3,(H,18,19)/p+1. The minimum absolute atomic E-state index is 0.0588. The highest BCUT2D eigenvalue weighted by Crippen LogP contribution is 2.27. The van der Waals surface area contributed by atoms with Gasteiger partial charge in [0.25, 0.3) is 5.91 Å². The van der Waals surface area contributed by atoms with E-state index in [0.29, 0.717) is 6.54 Å². The maximum atomic E-state index is 11.8. The Morgan fingerprint density at radius 1 is 1.16 bits per heavy atom. The molecule has 3 rings (SSSR count). The summed E-state index contributed by atoms with van der Waals surface area (Å²) in [4.78, 5) is 11.8. The van der Waals surface area contributed by atoms with Crippen LogP contribution in [-0.2, 0) is 4.79 Å². The van der Waals surface area contributed by atoms with Crippen LogP contribution in [0.25, 0.3) is 0 Å². The minimum atomic E-state index is 0.0588. The Morgan fingerprint density at radius 2 is 1.95 bits per heavy atom. The van der Waals surface area contributed by atoms with Crippen molar-refractivity contribution in [2.45, 2.75) is 13.0 Å². The summed E-state index contributed by atoms with van der Waals surface area (Å²) in [5.41, 5.74) is 4.55. The fourth-order valence-electron chi connectivity index (χ4n) is 2.58. The number of hydrogen-bond acceptors (Lipinski definition) is 1. The topological polar surface area (TPSA) is 45.7 Å². The normalized spacial score (nSPS) is 18.4. The molecule has 3 N–H and O–H groups in total. The predicted octanol–water partition coefficient (Wildman–Crippen LogP) is 1.60. The number of nitrogens with one attached hydrogen (secondary N) is 1. The number of amides is 1. The SMILES string of the molecule is Cc1ccc2c(c1)C(c1ccccc1)[NH2+]CC(=O)N2. The monoisotopic (exact) mass is 253 g/mol. The lowest BCUT2D eigenvalue weighted by Gasteiger charge is -2.16. The van der Waals surface area contributed by atoms with Crippen LogP contribution in [0.3, 0.4) is 0 Å². The molecule has 96 valence electrons. The lowest BCUT2D eigenvalue weighted by atomic mass is 9.96. The smallest absolute Gasteiger partial charge is 0.279 e. The van der Waals surface area contributed by atoms with Gasteiger partial charge in [-0.3, -0.25) is 4.79 Å². The van der Waals surface area contributed by atoms with Gasteiger partial charge in [-0.25, -0.2) is 0 Å². The highest BCUT2D eigenvalue weighted by molar-refractivity contribution is 5.92. The molecular formula is C16H17N2O+. The molecule has 0 radical (unpaired) electrons. The molecule has 1 amide bonds. The zero-order chi connectivity index (χ0) is 13.2. The van der Waals surface area contributed by atoms with Gasteiger partial charge in [0.05, 0.1) is 5.69 Å². The van der Waals surface area contributed by atoms with E-state index in [1.54, 1.807) is 0 Å². The van der Waals surface area contributed by atoms with Crippen LogP contribution in [0.15, 0.2) is 48.5 Å². The van der Waals surface area contributed by atoms with Crippen LogP contribution >= 0.6 is 0 Å². The predicted molar refractivity (Wildman–Crippen MR) is 74.9 cm³/mol. The molecular weight excluding hydrogens is 236 g/mol. The summed E-state index contributed by atoms with van der Waals surface area (Å²) in [7, 11) is 0.